The number of thiazole rings is 1. The maximum absolute atomic E-state index is 13.4. The van der Waals surface area contributed by atoms with E-state index >= 15 is 0 Å². The minimum absolute atomic E-state index is 0.0659. The van der Waals surface area contributed by atoms with Crippen LogP contribution in [0.25, 0.3) is 0 Å². The average molecular weight is 497 g/mol. The molecule has 0 N–H and O–H groups in total. The zero-order valence-electron chi connectivity index (χ0n) is 18.0. The van der Waals surface area contributed by atoms with Gasteiger partial charge in [-0.1, -0.05) is 17.7 Å². The van der Waals surface area contributed by atoms with Crippen molar-refractivity contribution in [1.82, 2.24) is 14.8 Å². The Kier molecular flexibility index (Phi) is 6.09. The Balaban J connectivity index is 1.72. The van der Waals surface area contributed by atoms with Gasteiger partial charge in [0.2, 0.25) is 5.91 Å². The molecule has 1 saturated carbocycles. The molecular formula is C22H20ClF3N4O2S. The van der Waals surface area contributed by atoms with Crippen LogP contribution in [0.5, 0.6) is 0 Å². The molecule has 0 spiro atoms. The van der Waals surface area contributed by atoms with E-state index in [0.29, 0.717) is 21.5 Å². The van der Waals surface area contributed by atoms with E-state index in [1.807, 2.05) is 19.9 Å². The second-order valence-electron chi connectivity index (χ2n) is 8.11. The van der Waals surface area contributed by atoms with E-state index in [2.05, 4.69) is 10.1 Å². The number of amides is 1. The van der Waals surface area contributed by atoms with Crippen molar-refractivity contribution in [1.29, 1.82) is 0 Å². The second kappa shape index (κ2) is 8.57. The molecule has 0 radical (unpaired) electrons. The molecule has 2 aromatic heterocycles. The Morgan fingerprint density at radius 3 is 2.55 bits per heavy atom. The molecule has 1 fully saturated rings. The van der Waals surface area contributed by atoms with Crippen molar-refractivity contribution in [3.05, 3.63) is 67.0 Å². The summed E-state index contributed by atoms with van der Waals surface area (Å²) in [5, 5.41) is 6.43. The molecule has 1 amide bonds. The van der Waals surface area contributed by atoms with Crippen LogP contribution in [0.2, 0.25) is 5.02 Å². The van der Waals surface area contributed by atoms with E-state index in [1.54, 1.807) is 11.4 Å². The third-order valence-electron chi connectivity index (χ3n) is 5.27. The number of aryl methyl sites for hydroxylation is 2. The quantitative estimate of drug-likeness (QED) is 0.461. The van der Waals surface area contributed by atoms with E-state index in [9.17, 15) is 22.8 Å². The maximum atomic E-state index is 13.4. The van der Waals surface area contributed by atoms with Crippen LogP contribution in [0.15, 0.2) is 28.4 Å². The lowest BCUT2D eigenvalue weighted by molar-refractivity contribution is -0.139. The molecule has 6 nitrogen and oxygen atoms in total. The molecule has 4 rings (SSSR count). The highest BCUT2D eigenvalue weighted by atomic mass is 35.5. The van der Waals surface area contributed by atoms with Gasteiger partial charge in [0.25, 0.3) is 5.56 Å². The highest BCUT2D eigenvalue weighted by molar-refractivity contribution is 7.14. The van der Waals surface area contributed by atoms with Gasteiger partial charge >= 0.3 is 6.18 Å². The summed E-state index contributed by atoms with van der Waals surface area (Å²) < 4.78 is 41.0. The first kappa shape index (κ1) is 23.4. The molecule has 174 valence electrons. The molecule has 3 aromatic rings. The van der Waals surface area contributed by atoms with Crippen molar-refractivity contribution >= 4 is 39.7 Å². The smallest absolute Gasteiger partial charge is 0.274 e. The summed E-state index contributed by atoms with van der Waals surface area (Å²) in [6, 6.07) is 4.47. The number of aromatic nitrogens is 3. The van der Waals surface area contributed by atoms with Gasteiger partial charge < -0.3 is 0 Å². The Labute approximate surface area is 196 Å². The number of carbonyl (C=O) groups is 1. The van der Waals surface area contributed by atoms with Gasteiger partial charge in [0, 0.05) is 18.2 Å². The second-order valence-corrected chi connectivity index (χ2v) is 9.35. The fourth-order valence-corrected chi connectivity index (χ4v) is 4.92. The van der Waals surface area contributed by atoms with Crippen LogP contribution < -0.4 is 10.5 Å². The van der Waals surface area contributed by atoms with Gasteiger partial charge in [0.05, 0.1) is 28.6 Å². The fraction of sp³-hybridized carbons (Fsp3) is 0.364. The van der Waals surface area contributed by atoms with Crippen LogP contribution in [0, 0.1) is 13.8 Å². The Bertz CT molecular complexity index is 1270. The van der Waals surface area contributed by atoms with Crippen LogP contribution in [0.1, 0.15) is 53.8 Å². The lowest BCUT2D eigenvalue weighted by Crippen LogP contribution is -2.32. The summed E-state index contributed by atoms with van der Waals surface area (Å²) in [6.07, 6.45) is -3.29. The van der Waals surface area contributed by atoms with Gasteiger partial charge in [-0.2, -0.15) is 18.3 Å². The number of carbonyl (C=O) groups excluding carboxylic acids is 1. The summed E-state index contributed by atoms with van der Waals surface area (Å²) in [5.41, 5.74) is 0.316. The van der Waals surface area contributed by atoms with Crippen LogP contribution in [-0.2, 0) is 17.5 Å². The molecule has 0 unspecified atom stereocenters. The zero-order valence-corrected chi connectivity index (χ0v) is 19.6. The van der Waals surface area contributed by atoms with Crippen LogP contribution in [-0.4, -0.2) is 20.7 Å². The van der Waals surface area contributed by atoms with Crippen LogP contribution in [0.4, 0.5) is 24.0 Å². The number of alkyl halides is 3. The maximum Gasteiger partial charge on any atom is 0.421 e. The highest BCUT2D eigenvalue weighted by Crippen LogP contribution is 2.40. The Hall–Kier alpha value is -2.72. The van der Waals surface area contributed by atoms with Gasteiger partial charge in [-0.15, -0.1) is 11.3 Å². The molecule has 0 bridgehead atoms. The lowest BCUT2D eigenvalue weighted by atomic mass is 10.1. The van der Waals surface area contributed by atoms with E-state index in [-0.39, 0.29) is 24.1 Å². The largest absolute Gasteiger partial charge is 0.421 e. The third-order valence-corrected chi connectivity index (χ3v) is 6.44. The van der Waals surface area contributed by atoms with E-state index in [1.165, 1.54) is 11.8 Å². The van der Waals surface area contributed by atoms with Crippen molar-refractivity contribution in [2.75, 3.05) is 4.90 Å². The molecule has 0 aliphatic heterocycles. The van der Waals surface area contributed by atoms with E-state index < -0.39 is 17.3 Å². The first-order valence-corrected chi connectivity index (χ1v) is 11.4. The number of hydrogen-bond donors (Lipinski definition) is 0. The monoisotopic (exact) mass is 496 g/mol. The predicted octanol–water partition coefficient (Wildman–Crippen LogP) is 5.60. The van der Waals surface area contributed by atoms with Crippen molar-refractivity contribution in [3.8, 4) is 0 Å². The Morgan fingerprint density at radius 2 is 1.97 bits per heavy atom. The summed E-state index contributed by atoms with van der Waals surface area (Å²) in [7, 11) is 0. The molecule has 33 heavy (non-hydrogen) atoms. The average Bonchev–Trinajstić information content (AvgIpc) is 3.44. The molecule has 1 aliphatic carbocycles. The summed E-state index contributed by atoms with van der Waals surface area (Å²) in [6.45, 7) is 4.84. The predicted molar refractivity (Wildman–Crippen MR) is 120 cm³/mol. The molecule has 11 heteroatoms. The molecule has 1 aliphatic rings. The standard InChI is InChI=1S/C22H20ClF3N4O2S/c1-11-6-12(2)19(17(23)7-11)30(13(3)31)21-27-15(10-33-21)9-29-20(32)16(22(24,25)26)8-18(28-29)14-4-5-14/h6-8,10,14H,4-5,9H2,1-3H3. The third kappa shape index (κ3) is 4.81. The molecule has 0 atom stereocenters. The topological polar surface area (TPSA) is 68.1 Å². The molecule has 1 aromatic carbocycles. The van der Waals surface area contributed by atoms with Gasteiger partial charge in [-0.05, 0) is 49.9 Å². The summed E-state index contributed by atoms with van der Waals surface area (Å²) in [5.74, 6) is -0.390. The van der Waals surface area contributed by atoms with Crippen LogP contribution >= 0.6 is 22.9 Å². The van der Waals surface area contributed by atoms with Gasteiger partial charge in [0.1, 0.15) is 5.56 Å². The highest BCUT2D eigenvalue weighted by Gasteiger charge is 2.37. The van der Waals surface area contributed by atoms with Crippen molar-refractivity contribution in [3.63, 3.8) is 0 Å². The first-order chi connectivity index (χ1) is 15.5. The number of anilines is 2. The Morgan fingerprint density at radius 1 is 1.27 bits per heavy atom. The van der Waals surface area contributed by atoms with E-state index in [4.69, 9.17) is 11.6 Å². The zero-order chi connectivity index (χ0) is 24.1. The van der Waals surface area contributed by atoms with Gasteiger partial charge in [0.15, 0.2) is 5.13 Å². The van der Waals surface area contributed by atoms with Gasteiger partial charge in [-0.25, -0.2) is 9.67 Å². The number of rotatable bonds is 5. The molecule has 0 saturated heterocycles. The number of benzene rings is 1. The van der Waals surface area contributed by atoms with Crippen molar-refractivity contribution < 1.29 is 18.0 Å². The molecular weight excluding hydrogens is 477 g/mol. The molecule has 2 heterocycles. The minimum atomic E-state index is -4.77. The summed E-state index contributed by atoms with van der Waals surface area (Å²) >= 11 is 7.54. The van der Waals surface area contributed by atoms with Gasteiger partial charge in [-0.3, -0.25) is 14.5 Å². The SMILES string of the molecule is CC(=O)N(c1nc(Cn2nc(C3CC3)cc(C(F)(F)F)c2=O)cs1)c1c(C)cc(C)cc1Cl. The number of halogens is 4. The number of nitrogens with zero attached hydrogens (tertiary/aromatic N) is 4. The van der Waals surface area contributed by atoms with Crippen molar-refractivity contribution in [2.24, 2.45) is 0 Å². The van der Waals surface area contributed by atoms with E-state index in [0.717, 1.165) is 46.1 Å². The summed E-state index contributed by atoms with van der Waals surface area (Å²) in [4.78, 5) is 30.7. The minimum Gasteiger partial charge on any atom is -0.274 e. The normalized spacial score (nSPS) is 13.9. The fourth-order valence-electron chi connectivity index (χ4n) is 3.66. The first-order valence-electron chi connectivity index (χ1n) is 10.2. The number of hydrogen-bond acceptors (Lipinski definition) is 5. The van der Waals surface area contributed by atoms with Crippen molar-refractivity contribution in [2.45, 2.75) is 52.3 Å². The van der Waals surface area contributed by atoms with Crippen LogP contribution in [0.3, 0.4) is 0 Å². The lowest BCUT2D eigenvalue weighted by Gasteiger charge is -2.22.